The third kappa shape index (κ3) is 4.13. The lowest BCUT2D eigenvalue weighted by Gasteiger charge is -2.38. The number of piperazine rings is 1. The van der Waals surface area contributed by atoms with Crippen LogP contribution in [0.25, 0.3) is 0 Å². The number of hydrogen-bond acceptors (Lipinski definition) is 4. The summed E-state index contributed by atoms with van der Waals surface area (Å²) in [5.74, 6) is 0. The number of hydrogen-bond donors (Lipinski definition) is 2. The van der Waals surface area contributed by atoms with Gasteiger partial charge in [-0.05, 0) is 19.3 Å². The van der Waals surface area contributed by atoms with Crippen LogP contribution in [0, 0.1) is 0 Å². The fourth-order valence-corrected chi connectivity index (χ4v) is 4.03. The van der Waals surface area contributed by atoms with E-state index in [1.807, 2.05) is 0 Å². The van der Waals surface area contributed by atoms with Gasteiger partial charge in [-0.1, -0.05) is 13.3 Å². The second-order valence-corrected chi connectivity index (χ2v) is 7.21. The topological polar surface area (TPSA) is 78.7 Å². The average molecular weight is 290 g/mol. The van der Waals surface area contributed by atoms with Crippen molar-refractivity contribution in [2.45, 2.75) is 44.7 Å². The molecule has 1 heterocycles. The van der Waals surface area contributed by atoms with E-state index in [4.69, 9.17) is 5.73 Å². The quantitative estimate of drug-likeness (QED) is 0.676. The van der Waals surface area contributed by atoms with Crippen LogP contribution in [0.5, 0.6) is 0 Å². The summed E-state index contributed by atoms with van der Waals surface area (Å²) in [6.45, 7) is 5.52. The first-order valence-corrected chi connectivity index (χ1v) is 8.72. The molecule has 1 aliphatic carbocycles. The van der Waals surface area contributed by atoms with Gasteiger partial charge in [0.15, 0.2) is 0 Å². The maximum atomic E-state index is 12.1. The molecule has 112 valence electrons. The van der Waals surface area contributed by atoms with Gasteiger partial charge in [-0.2, -0.15) is 17.4 Å². The van der Waals surface area contributed by atoms with Crippen LogP contribution in [-0.4, -0.2) is 62.4 Å². The van der Waals surface area contributed by atoms with Gasteiger partial charge in [0, 0.05) is 44.8 Å². The minimum absolute atomic E-state index is 0.180. The molecule has 7 heteroatoms. The van der Waals surface area contributed by atoms with E-state index in [0.29, 0.717) is 25.7 Å². The maximum Gasteiger partial charge on any atom is 0.279 e. The molecule has 1 unspecified atom stereocenters. The molecule has 2 rings (SSSR count). The maximum absolute atomic E-state index is 12.1. The fourth-order valence-electron chi connectivity index (χ4n) is 2.58. The molecular weight excluding hydrogens is 264 g/mol. The molecule has 2 fully saturated rings. The molecule has 0 amide bonds. The highest BCUT2D eigenvalue weighted by Gasteiger charge is 2.33. The van der Waals surface area contributed by atoms with Gasteiger partial charge in [-0.25, -0.2) is 0 Å². The lowest BCUT2D eigenvalue weighted by Crippen LogP contribution is -2.55. The van der Waals surface area contributed by atoms with E-state index in [9.17, 15) is 8.42 Å². The second kappa shape index (κ2) is 6.49. The highest BCUT2D eigenvalue weighted by molar-refractivity contribution is 7.87. The molecule has 0 radical (unpaired) electrons. The summed E-state index contributed by atoms with van der Waals surface area (Å²) in [5.41, 5.74) is 5.80. The molecule has 1 saturated carbocycles. The summed E-state index contributed by atoms with van der Waals surface area (Å²) in [6, 6.07) is 0.575. The smallest absolute Gasteiger partial charge is 0.279 e. The summed E-state index contributed by atoms with van der Waals surface area (Å²) in [6.07, 6.45) is 4.16. The predicted octanol–water partition coefficient (Wildman–Crippen LogP) is -0.272. The molecule has 0 aromatic heterocycles. The zero-order valence-electron chi connectivity index (χ0n) is 11.7. The van der Waals surface area contributed by atoms with Crippen molar-refractivity contribution >= 4 is 10.2 Å². The van der Waals surface area contributed by atoms with Gasteiger partial charge < -0.3 is 5.73 Å². The van der Waals surface area contributed by atoms with Gasteiger partial charge in [-0.3, -0.25) is 4.90 Å². The van der Waals surface area contributed by atoms with E-state index in [1.54, 1.807) is 4.31 Å². The molecule has 0 spiro atoms. The van der Waals surface area contributed by atoms with E-state index < -0.39 is 10.2 Å². The Kier molecular flexibility index (Phi) is 5.19. The van der Waals surface area contributed by atoms with E-state index in [1.165, 1.54) is 0 Å². The Balaban J connectivity index is 1.84. The summed E-state index contributed by atoms with van der Waals surface area (Å²) in [4.78, 5) is 2.33. The Morgan fingerprint density at radius 2 is 1.89 bits per heavy atom. The third-order valence-corrected chi connectivity index (χ3v) is 5.59. The van der Waals surface area contributed by atoms with Gasteiger partial charge in [0.25, 0.3) is 10.2 Å². The van der Waals surface area contributed by atoms with Crippen molar-refractivity contribution in [2.75, 3.05) is 32.7 Å². The summed E-state index contributed by atoms with van der Waals surface area (Å²) in [5, 5.41) is 0. The molecule has 0 aromatic rings. The molecule has 2 aliphatic rings. The number of nitrogens with zero attached hydrogens (tertiary/aromatic N) is 2. The van der Waals surface area contributed by atoms with Crippen molar-refractivity contribution in [3.05, 3.63) is 0 Å². The van der Waals surface area contributed by atoms with Crippen LogP contribution in [0.1, 0.15) is 32.6 Å². The Labute approximate surface area is 116 Å². The first-order chi connectivity index (χ1) is 9.06. The van der Waals surface area contributed by atoms with Gasteiger partial charge in [0.2, 0.25) is 0 Å². The van der Waals surface area contributed by atoms with E-state index in [0.717, 1.165) is 38.8 Å². The summed E-state index contributed by atoms with van der Waals surface area (Å²) < 4.78 is 28.5. The largest absolute Gasteiger partial charge is 0.329 e. The zero-order chi connectivity index (χ0) is 13.9. The van der Waals surface area contributed by atoms with Crippen molar-refractivity contribution < 1.29 is 8.42 Å². The Bertz CT molecular complexity index is 375. The van der Waals surface area contributed by atoms with Crippen LogP contribution in [0.4, 0.5) is 0 Å². The third-order valence-electron chi connectivity index (χ3n) is 3.92. The first-order valence-electron chi connectivity index (χ1n) is 7.28. The normalized spacial score (nSPS) is 24.5. The van der Waals surface area contributed by atoms with Crippen molar-refractivity contribution in [1.82, 2.24) is 13.9 Å². The second-order valence-electron chi connectivity index (χ2n) is 5.51. The van der Waals surface area contributed by atoms with Crippen molar-refractivity contribution in [1.29, 1.82) is 0 Å². The average Bonchev–Trinajstić information content (AvgIpc) is 3.19. The lowest BCUT2D eigenvalue weighted by molar-refractivity contribution is 0.133. The molecule has 1 atom stereocenters. The highest BCUT2D eigenvalue weighted by atomic mass is 32.2. The molecule has 1 aliphatic heterocycles. The van der Waals surface area contributed by atoms with Gasteiger partial charge >= 0.3 is 0 Å². The molecule has 0 aromatic carbocycles. The molecule has 3 N–H and O–H groups in total. The molecule has 19 heavy (non-hydrogen) atoms. The minimum atomic E-state index is -3.26. The Hall–Kier alpha value is -0.210. The minimum Gasteiger partial charge on any atom is -0.329 e. The van der Waals surface area contributed by atoms with Crippen molar-refractivity contribution in [2.24, 2.45) is 5.73 Å². The Morgan fingerprint density at radius 1 is 1.26 bits per heavy atom. The van der Waals surface area contributed by atoms with Crippen LogP contribution >= 0.6 is 0 Å². The predicted molar refractivity (Wildman–Crippen MR) is 76.0 cm³/mol. The van der Waals surface area contributed by atoms with E-state index in [2.05, 4.69) is 16.5 Å². The van der Waals surface area contributed by atoms with Crippen LogP contribution in [0.15, 0.2) is 0 Å². The molecular formula is C12H26N4O2S. The van der Waals surface area contributed by atoms with Gasteiger partial charge in [0.05, 0.1) is 0 Å². The van der Waals surface area contributed by atoms with Crippen molar-refractivity contribution in [3.8, 4) is 0 Å². The van der Waals surface area contributed by atoms with Crippen LogP contribution in [0.2, 0.25) is 0 Å². The van der Waals surface area contributed by atoms with Crippen LogP contribution in [-0.2, 0) is 10.2 Å². The standard InChI is InChI=1S/C12H26N4O2S/c1-2-3-12(10-13)15-6-8-16(9-7-15)19(17,18)14-11-4-5-11/h11-12,14H,2-10,13H2,1H3. The number of nitrogens with one attached hydrogen (secondary N) is 1. The fraction of sp³-hybridized carbons (Fsp3) is 1.00. The van der Waals surface area contributed by atoms with Crippen molar-refractivity contribution in [3.63, 3.8) is 0 Å². The lowest BCUT2D eigenvalue weighted by atomic mass is 10.1. The van der Waals surface area contributed by atoms with E-state index >= 15 is 0 Å². The molecule has 1 saturated heterocycles. The first kappa shape index (κ1) is 15.2. The number of nitrogens with two attached hydrogens (primary N) is 1. The van der Waals surface area contributed by atoms with E-state index in [-0.39, 0.29) is 6.04 Å². The molecule has 6 nitrogen and oxygen atoms in total. The van der Waals surface area contributed by atoms with Crippen LogP contribution < -0.4 is 10.5 Å². The highest BCUT2D eigenvalue weighted by Crippen LogP contribution is 2.21. The zero-order valence-corrected chi connectivity index (χ0v) is 12.5. The Morgan fingerprint density at radius 3 is 2.37 bits per heavy atom. The molecule has 0 bridgehead atoms. The SMILES string of the molecule is CCCC(CN)N1CCN(S(=O)(=O)NC2CC2)CC1. The number of rotatable bonds is 7. The van der Waals surface area contributed by atoms with Crippen LogP contribution in [0.3, 0.4) is 0 Å². The van der Waals surface area contributed by atoms with Gasteiger partial charge in [0.1, 0.15) is 0 Å². The van der Waals surface area contributed by atoms with Gasteiger partial charge in [-0.15, -0.1) is 0 Å². The monoisotopic (exact) mass is 290 g/mol. The summed E-state index contributed by atoms with van der Waals surface area (Å²) in [7, 11) is -3.26. The summed E-state index contributed by atoms with van der Waals surface area (Å²) >= 11 is 0.